The van der Waals surface area contributed by atoms with Crippen LogP contribution in [0.3, 0.4) is 0 Å². The third-order valence-electron chi connectivity index (χ3n) is 3.06. The summed E-state index contributed by atoms with van der Waals surface area (Å²) in [7, 11) is 0. The maximum absolute atomic E-state index is 12.0. The van der Waals surface area contributed by atoms with E-state index in [0.29, 0.717) is 30.2 Å². The first-order valence-corrected chi connectivity index (χ1v) is 7.16. The van der Waals surface area contributed by atoms with Crippen LogP contribution < -0.4 is 10.1 Å². The number of aromatic nitrogens is 2. The van der Waals surface area contributed by atoms with Crippen LogP contribution in [0.1, 0.15) is 12.2 Å². The van der Waals surface area contributed by atoms with Crippen molar-refractivity contribution in [3.05, 3.63) is 67.0 Å². The standard InChI is InChI=1S/C17H15N3O3/c21-16(7-6-14-5-2-10-22-14)20-13-3-1-4-15(11-13)23-17-12-18-8-9-19-17/h1-5,8-12H,6-7H2,(H,20,21). The van der Waals surface area contributed by atoms with Crippen LogP contribution in [0.4, 0.5) is 5.69 Å². The number of benzene rings is 1. The zero-order valence-corrected chi connectivity index (χ0v) is 12.3. The summed E-state index contributed by atoms with van der Waals surface area (Å²) in [6, 6.07) is 10.8. The smallest absolute Gasteiger partial charge is 0.237 e. The third kappa shape index (κ3) is 4.41. The van der Waals surface area contributed by atoms with Gasteiger partial charge in [-0.25, -0.2) is 4.98 Å². The number of carbonyl (C=O) groups excluding carboxylic acids is 1. The Bertz CT molecular complexity index is 758. The van der Waals surface area contributed by atoms with E-state index in [9.17, 15) is 4.79 Å². The van der Waals surface area contributed by atoms with E-state index in [-0.39, 0.29) is 5.91 Å². The number of amides is 1. The molecule has 0 unspecified atom stereocenters. The fourth-order valence-corrected chi connectivity index (χ4v) is 2.01. The number of anilines is 1. The molecule has 1 aromatic carbocycles. The van der Waals surface area contributed by atoms with Crippen molar-refractivity contribution in [3.8, 4) is 11.6 Å². The maximum Gasteiger partial charge on any atom is 0.237 e. The normalized spacial score (nSPS) is 10.3. The summed E-state index contributed by atoms with van der Waals surface area (Å²) < 4.78 is 10.8. The Morgan fingerprint density at radius 2 is 2.17 bits per heavy atom. The lowest BCUT2D eigenvalue weighted by Crippen LogP contribution is -2.12. The second kappa shape index (κ2) is 7.22. The Balaban J connectivity index is 1.57. The number of hydrogen-bond donors (Lipinski definition) is 1. The van der Waals surface area contributed by atoms with Crippen LogP contribution in [0.5, 0.6) is 11.6 Å². The first kappa shape index (κ1) is 14.8. The zero-order chi connectivity index (χ0) is 15.9. The van der Waals surface area contributed by atoms with Crippen LogP contribution in [0.2, 0.25) is 0 Å². The third-order valence-corrected chi connectivity index (χ3v) is 3.06. The van der Waals surface area contributed by atoms with Gasteiger partial charge in [0.1, 0.15) is 11.5 Å². The zero-order valence-electron chi connectivity index (χ0n) is 12.3. The number of aryl methyl sites for hydroxylation is 1. The highest BCUT2D eigenvalue weighted by molar-refractivity contribution is 5.90. The van der Waals surface area contributed by atoms with Gasteiger partial charge in [0.15, 0.2) is 0 Å². The average molecular weight is 309 g/mol. The number of nitrogens with one attached hydrogen (secondary N) is 1. The lowest BCUT2D eigenvalue weighted by atomic mass is 10.2. The molecule has 6 nitrogen and oxygen atoms in total. The van der Waals surface area contributed by atoms with Crippen LogP contribution in [-0.4, -0.2) is 15.9 Å². The number of rotatable bonds is 6. The summed E-state index contributed by atoms with van der Waals surface area (Å²) in [5.74, 6) is 1.68. The summed E-state index contributed by atoms with van der Waals surface area (Å²) in [6.45, 7) is 0. The van der Waals surface area contributed by atoms with Gasteiger partial charge in [0.25, 0.3) is 0 Å². The predicted octanol–water partition coefficient (Wildman–Crippen LogP) is 3.43. The highest BCUT2D eigenvalue weighted by atomic mass is 16.5. The molecule has 0 aliphatic rings. The van der Waals surface area contributed by atoms with Crippen LogP contribution in [0, 0.1) is 0 Å². The van der Waals surface area contributed by atoms with Gasteiger partial charge in [-0.1, -0.05) is 6.07 Å². The van der Waals surface area contributed by atoms with Crippen LogP contribution >= 0.6 is 0 Å². The van der Waals surface area contributed by atoms with E-state index in [1.807, 2.05) is 6.07 Å². The van der Waals surface area contributed by atoms with Gasteiger partial charge in [-0.05, 0) is 24.3 Å². The molecule has 6 heteroatoms. The fourth-order valence-electron chi connectivity index (χ4n) is 2.01. The lowest BCUT2D eigenvalue weighted by molar-refractivity contribution is -0.116. The molecule has 0 fully saturated rings. The molecule has 23 heavy (non-hydrogen) atoms. The Morgan fingerprint density at radius 1 is 1.22 bits per heavy atom. The summed E-state index contributed by atoms with van der Waals surface area (Å²) in [5.41, 5.74) is 0.663. The molecule has 0 aliphatic heterocycles. The monoisotopic (exact) mass is 309 g/mol. The number of hydrogen-bond acceptors (Lipinski definition) is 5. The minimum Gasteiger partial charge on any atom is -0.469 e. The first-order valence-electron chi connectivity index (χ1n) is 7.16. The first-order chi connectivity index (χ1) is 11.3. The molecule has 0 radical (unpaired) electrons. The number of carbonyl (C=O) groups is 1. The minimum atomic E-state index is -0.0851. The van der Waals surface area contributed by atoms with E-state index < -0.39 is 0 Å². The van der Waals surface area contributed by atoms with Gasteiger partial charge in [-0.15, -0.1) is 0 Å². The number of furan rings is 1. The van der Waals surface area contributed by atoms with Crippen molar-refractivity contribution < 1.29 is 13.9 Å². The van der Waals surface area contributed by atoms with E-state index >= 15 is 0 Å². The highest BCUT2D eigenvalue weighted by Crippen LogP contribution is 2.22. The van der Waals surface area contributed by atoms with E-state index in [2.05, 4.69) is 15.3 Å². The number of ether oxygens (including phenoxy) is 1. The largest absolute Gasteiger partial charge is 0.469 e. The molecule has 0 aliphatic carbocycles. The quantitative estimate of drug-likeness (QED) is 0.754. The van der Waals surface area contributed by atoms with Gasteiger partial charge in [0, 0.05) is 37.0 Å². The van der Waals surface area contributed by atoms with Crippen LogP contribution in [0.15, 0.2) is 65.7 Å². The molecule has 1 amide bonds. The molecule has 116 valence electrons. The number of nitrogens with zero attached hydrogens (tertiary/aromatic N) is 2. The molecule has 3 rings (SSSR count). The van der Waals surface area contributed by atoms with Crippen LogP contribution in [-0.2, 0) is 11.2 Å². The Morgan fingerprint density at radius 3 is 2.96 bits per heavy atom. The molecular weight excluding hydrogens is 294 g/mol. The fraction of sp³-hybridized carbons (Fsp3) is 0.118. The molecule has 2 aromatic heterocycles. The van der Waals surface area contributed by atoms with E-state index in [0.717, 1.165) is 5.76 Å². The Labute approximate surface area is 133 Å². The molecule has 3 aromatic rings. The van der Waals surface area contributed by atoms with Crippen molar-refractivity contribution in [1.29, 1.82) is 0 Å². The summed E-state index contributed by atoms with van der Waals surface area (Å²) >= 11 is 0. The van der Waals surface area contributed by atoms with Crippen molar-refractivity contribution in [3.63, 3.8) is 0 Å². The summed E-state index contributed by atoms with van der Waals surface area (Å²) in [4.78, 5) is 19.9. The van der Waals surface area contributed by atoms with Gasteiger partial charge in [-0.3, -0.25) is 9.78 Å². The van der Waals surface area contributed by atoms with Crippen LogP contribution in [0.25, 0.3) is 0 Å². The van der Waals surface area contributed by atoms with Crippen molar-refractivity contribution in [2.75, 3.05) is 5.32 Å². The maximum atomic E-state index is 12.0. The average Bonchev–Trinajstić information content (AvgIpc) is 3.08. The molecule has 0 spiro atoms. The van der Waals surface area contributed by atoms with E-state index in [1.54, 1.807) is 49.0 Å². The molecule has 1 N–H and O–H groups in total. The van der Waals surface area contributed by atoms with Gasteiger partial charge < -0.3 is 14.5 Å². The Hall–Kier alpha value is -3.15. The molecule has 0 bridgehead atoms. The minimum absolute atomic E-state index is 0.0851. The van der Waals surface area contributed by atoms with Gasteiger partial charge in [-0.2, -0.15) is 0 Å². The van der Waals surface area contributed by atoms with Gasteiger partial charge >= 0.3 is 0 Å². The van der Waals surface area contributed by atoms with Gasteiger partial charge in [0.05, 0.1) is 12.5 Å². The van der Waals surface area contributed by atoms with Crippen molar-refractivity contribution in [1.82, 2.24) is 9.97 Å². The topological polar surface area (TPSA) is 77.2 Å². The molecule has 0 saturated heterocycles. The van der Waals surface area contributed by atoms with Crippen molar-refractivity contribution in [2.24, 2.45) is 0 Å². The Kier molecular flexibility index (Phi) is 4.63. The second-order valence-corrected chi connectivity index (χ2v) is 4.80. The molecule has 2 heterocycles. The lowest BCUT2D eigenvalue weighted by Gasteiger charge is -2.08. The molecular formula is C17H15N3O3. The van der Waals surface area contributed by atoms with Crippen molar-refractivity contribution >= 4 is 11.6 Å². The van der Waals surface area contributed by atoms with E-state index in [4.69, 9.17) is 9.15 Å². The van der Waals surface area contributed by atoms with E-state index in [1.165, 1.54) is 6.20 Å². The summed E-state index contributed by atoms with van der Waals surface area (Å²) in [5, 5.41) is 2.83. The highest BCUT2D eigenvalue weighted by Gasteiger charge is 2.06. The predicted molar refractivity (Wildman–Crippen MR) is 84.2 cm³/mol. The van der Waals surface area contributed by atoms with Crippen molar-refractivity contribution in [2.45, 2.75) is 12.8 Å². The molecule has 0 saturated carbocycles. The molecule has 0 atom stereocenters. The van der Waals surface area contributed by atoms with Gasteiger partial charge in [0.2, 0.25) is 11.8 Å². The summed E-state index contributed by atoms with van der Waals surface area (Å²) in [6.07, 6.45) is 7.16. The SMILES string of the molecule is O=C(CCc1ccco1)Nc1cccc(Oc2cnccn2)c1. The second-order valence-electron chi connectivity index (χ2n) is 4.80.